The van der Waals surface area contributed by atoms with Gasteiger partial charge in [0.2, 0.25) is 0 Å². The molecule has 0 spiro atoms. The quantitative estimate of drug-likeness (QED) is 0.550. The van der Waals surface area contributed by atoms with Gasteiger partial charge in [-0.2, -0.15) is 0 Å². The van der Waals surface area contributed by atoms with E-state index in [2.05, 4.69) is 34.3 Å². The molecule has 4 rings (SSSR count). The van der Waals surface area contributed by atoms with Gasteiger partial charge in [-0.25, -0.2) is 4.98 Å². The average molecular weight is 367 g/mol. The molecule has 0 bridgehead atoms. The summed E-state index contributed by atoms with van der Waals surface area (Å²) in [6.45, 7) is 2.68. The van der Waals surface area contributed by atoms with Gasteiger partial charge >= 0.3 is 0 Å². The number of benzene rings is 2. The summed E-state index contributed by atoms with van der Waals surface area (Å²) < 4.78 is 0. The van der Waals surface area contributed by atoms with Crippen LogP contribution in [0, 0.1) is 0 Å². The first-order chi connectivity index (χ1) is 13.7. The summed E-state index contributed by atoms with van der Waals surface area (Å²) in [5.74, 6) is 0.132. The lowest BCUT2D eigenvalue weighted by Gasteiger charge is -2.14. The molecule has 4 aromatic rings. The highest BCUT2D eigenvalue weighted by atomic mass is 16.1. The molecule has 0 aliphatic rings. The number of nitrogens with zero attached hydrogens (tertiary/aromatic N) is 2. The fourth-order valence-electron chi connectivity index (χ4n) is 3.25. The van der Waals surface area contributed by atoms with E-state index in [4.69, 9.17) is 0 Å². The molecule has 2 heterocycles. The average Bonchev–Trinajstić information content (AvgIpc) is 2.77. The molecule has 0 fully saturated rings. The van der Waals surface area contributed by atoms with Crippen LogP contribution in [0.5, 0.6) is 0 Å². The second-order valence-corrected chi connectivity index (χ2v) is 6.81. The van der Waals surface area contributed by atoms with E-state index >= 15 is 0 Å². The van der Waals surface area contributed by atoms with E-state index in [1.807, 2.05) is 66.7 Å². The normalized spacial score (nSPS) is 11.9. The molecule has 2 aromatic heterocycles. The van der Waals surface area contributed by atoms with Crippen molar-refractivity contribution in [1.29, 1.82) is 0 Å². The van der Waals surface area contributed by atoms with Crippen molar-refractivity contribution in [3.8, 4) is 11.4 Å². The van der Waals surface area contributed by atoms with Crippen LogP contribution in [0.4, 0.5) is 0 Å². The summed E-state index contributed by atoms with van der Waals surface area (Å²) in [6.07, 6.45) is 1.73. The lowest BCUT2D eigenvalue weighted by atomic mass is 10.0. The number of rotatable bonds is 5. The summed E-state index contributed by atoms with van der Waals surface area (Å²) in [5.41, 5.74) is 4.05. The second-order valence-electron chi connectivity index (χ2n) is 6.81. The second kappa shape index (κ2) is 8.01. The number of para-hydroxylation sites is 1. The van der Waals surface area contributed by atoms with Gasteiger partial charge in [-0.15, -0.1) is 0 Å². The predicted molar refractivity (Wildman–Crippen MR) is 112 cm³/mol. The highest BCUT2D eigenvalue weighted by Gasteiger charge is 2.15. The molecular weight excluding hydrogens is 346 g/mol. The van der Waals surface area contributed by atoms with Crippen molar-refractivity contribution >= 4 is 16.8 Å². The minimum absolute atomic E-state index is 0.0986. The van der Waals surface area contributed by atoms with Crippen LogP contribution < -0.4 is 5.32 Å². The van der Waals surface area contributed by atoms with Gasteiger partial charge in [-0.3, -0.25) is 9.78 Å². The van der Waals surface area contributed by atoms with Crippen molar-refractivity contribution in [2.75, 3.05) is 6.54 Å². The van der Waals surface area contributed by atoms with E-state index in [1.54, 1.807) is 6.20 Å². The highest BCUT2D eigenvalue weighted by molar-refractivity contribution is 6.07. The number of amides is 1. The molecule has 0 saturated carbocycles. The number of hydrogen-bond donors (Lipinski definition) is 1. The largest absolute Gasteiger partial charge is 0.351 e. The first kappa shape index (κ1) is 17.9. The number of carbonyl (C=O) groups excluding carboxylic acids is 1. The number of nitrogens with one attached hydrogen (secondary N) is 1. The van der Waals surface area contributed by atoms with Gasteiger partial charge in [0.15, 0.2) is 0 Å². The topological polar surface area (TPSA) is 54.9 Å². The Kier molecular flexibility index (Phi) is 5.11. The van der Waals surface area contributed by atoms with Crippen LogP contribution in [0.15, 0.2) is 85.1 Å². The Hall–Kier alpha value is -3.53. The van der Waals surface area contributed by atoms with Gasteiger partial charge in [0.25, 0.3) is 5.91 Å². The van der Waals surface area contributed by atoms with Gasteiger partial charge in [0, 0.05) is 18.1 Å². The number of fused-ring (bicyclic) bond motifs is 1. The Morgan fingerprint density at radius 1 is 0.929 bits per heavy atom. The third-order valence-electron chi connectivity index (χ3n) is 4.83. The van der Waals surface area contributed by atoms with Crippen molar-refractivity contribution in [3.63, 3.8) is 0 Å². The maximum absolute atomic E-state index is 13.0. The van der Waals surface area contributed by atoms with Crippen LogP contribution in [0.25, 0.3) is 22.3 Å². The third kappa shape index (κ3) is 3.76. The fraction of sp³-hybridized carbons (Fsp3) is 0.125. The van der Waals surface area contributed by atoms with Crippen LogP contribution in [-0.4, -0.2) is 22.4 Å². The van der Waals surface area contributed by atoms with E-state index in [-0.39, 0.29) is 11.8 Å². The summed E-state index contributed by atoms with van der Waals surface area (Å²) in [7, 11) is 0. The molecule has 0 radical (unpaired) electrons. The van der Waals surface area contributed by atoms with E-state index in [9.17, 15) is 4.79 Å². The third-order valence-corrected chi connectivity index (χ3v) is 4.83. The Labute approximate surface area is 164 Å². The van der Waals surface area contributed by atoms with E-state index < -0.39 is 0 Å². The van der Waals surface area contributed by atoms with Crippen LogP contribution in [0.2, 0.25) is 0 Å². The summed E-state index contributed by atoms with van der Waals surface area (Å²) in [4.78, 5) is 22.1. The number of aromatic nitrogens is 2. The fourth-order valence-corrected chi connectivity index (χ4v) is 3.25. The Morgan fingerprint density at radius 3 is 2.46 bits per heavy atom. The zero-order chi connectivity index (χ0) is 19.3. The van der Waals surface area contributed by atoms with Crippen molar-refractivity contribution in [2.45, 2.75) is 12.8 Å². The molecule has 2 aromatic carbocycles. The van der Waals surface area contributed by atoms with Crippen LogP contribution in [-0.2, 0) is 0 Å². The van der Waals surface area contributed by atoms with E-state index in [0.29, 0.717) is 17.8 Å². The van der Waals surface area contributed by atoms with Gasteiger partial charge in [0.1, 0.15) is 0 Å². The van der Waals surface area contributed by atoms with Crippen LogP contribution >= 0.6 is 0 Å². The predicted octanol–water partition coefficient (Wildman–Crippen LogP) is 4.83. The lowest BCUT2D eigenvalue weighted by molar-refractivity contribution is 0.0953. The first-order valence-electron chi connectivity index (χ1n) is 9.37. The van der Waals surface area contributed by atoms with Gasteiger partial charge in [-0.05, 0) is 35.7 Å². The van der Waals surface area contributed by atoms with Gasteiger partial charge in [0.05, 0.1) is 22.5 Å². The van der Waals surface area contributed by atoms with E-state index in [1.165, 1.54) is 5.56 Å². The standard InChI is InChI=1S/C24H21N3O/c1-17(18-9-3-2-4-10-18)16-26-24(28)20-15-23(22-13-7-8-14-25-22)27-21-12-6-5-11-19(20)21/h2-15,17H,16H2,1H3,(H,26,28). The molecule has 0 aliphatic carbocycles. The van der Waals surface area contributed by atoms with Gasteiger partial charge in [-0.1, -0.05) is 61.5 Å². The lowest BCUT2D eigenvalue weighted by Crippen LogP contribution is -2.27. The number of carbonyl (C=O) groups is 1. The zero-order valence-electron chi connectivity index (χ0n) is 15.7. The van der Waals surface area contributed by atoms with Gasteiger partial charge < -0.3 is 5.32 Å². The SMILES string of the molecule is CC(CNC(=O)c1cc(-c2ccccn2)nc2ccccc12)c1ccccc1. The molecule has 4 nitrogen and oxygen atoms in total. The smallest absolute Gasteiger partial charge is 0.252 e. The molecule has 138 valence electrons. The Bertz CT molecular complexity index is 1090. The monoisotopic (exact) mass is 367 g/mol. The van der Waals surface area contributed by atoms with Crippen LogP contribution in [0.3, 0.4) is 0 Å². The summed E-state index contributed by atoms with van der Waals surface area (Å²) in [6, 6.07) is 25.4. The number of hydrogen-bond acceptors (Lipinski definition) is 3. The minimum Gasteiger partial charge on any atom is -0.351 e. The summed E-state index contributed by atoms with van der Waals surface area (Å²) >= 11 is 0. The Balaban J connectivity index is 1.64. The van der Waals surface area contributed by atoms with Crippen molar-refractivity contribution in [3.05, 3.63) is 96.2 Å². The molecular formula is C24H21N3O. The van der Waals surface area contributed by atoms with Crippen molar-refractivity contribution in [1.82, 2.24) is 15.3 Å². The molecule has 1 amide bonds. The zero-order valence-corrected chi connectivity index (χ0v) is 15.7. The maximum Gasteiger partial charge on any atom is 0.252 e. The molecule has 0 saturated heterocycles. The minimum atomic E-state index is -0.0986. The van der Waals surface area contributed by atoms with Crippen LogP contribution in [0.1, 0.15) is 28.8 Å². The number of pyridine rings is 2. The van der Waals surface area contributed by atoms with Crippen molar-refractivity contribution < 1.29 is 4.79 Å². The molecule has 1 atom stereocenters. The van der Waals surface area contributed by atoms with E-state index in [0.717, 1.165) is 16.6 Å². The first-order valence-corrected chi connectivity index (χ1v) is 9.37. The molecule has 0 aliphatic heterocycles. The molecule has 28 heavy (non-hydrogen) atoms. The maximum atomic E-state index is 13.0. The molecule has 1 N–H and O–H groups in total. The summed E-state index contributed by atoms with van der Waals surface area (Å²) in [5, 5.41) is 3.92. The molecule has 4 heteroatoms. The molecule has 1 unspecified atom stereocenters. The Morgan fingerprint density at radius 2 is 1.68 bits per heavy atom. The van der Waals surface area contributed by atoms with Crippen molar-refractivity contribution in [2.24, 2.45) is 0 Å². The highest BCUT2D eigenvalue weighted by Crippen LogP contribution is 2.24.